The first-order chi connectivity index (χ1) is 10.9. The minimum Gasteiger partial charge on any atom is -0.508 e. The van der Waals surface area contributed by atoms with Crippen LogP contribution in [0.1, 0.15) is 12.5 Å². The summed E-state index contributed by atoms with van der Waals surface area (Å²) in [4.78, 5) is 26.1. The molecule has 7 nitrogen and oxygen atoms in total. The zero-order valence-corrected chi connectivity index (χ0v) is 12.5. The molecular weight excluding hydrogens is 298 g/mol. The minimum absolute atomic E-state index is 0.115. The molecule has 1 heterocycles. The number of aromatic nitrogens is 1. The van der Waals surface area contributed by atoms with Crippen molar-refractivity contribution in [1.82, 2.24) is 15.6 Å². The zero-order valence-electron chi connectivity index (χ0n) is 12.5. The maximum absolute atomic E-state index is 12.2. The Labute approximate surface area is 132 Å². The number of nitrogens with one attached hydrogen (secondary N) is 3. The number of hydrogen-bond acceptors (Lipinski definition) is 4. The first-order valence-corrected chi connectivity index (χ1v) is 6.95. The fourth-order valence-electron chi connectivity index (χ4n) is 2.24. The van der Waals surface area contributed by atoms with E-state index >= 15 is 0 Å². The van der Waals surface area contributed by atoms with Crippen molar-refractivity contribution >= 4 is 22.8 Å². The Kier molecular flexibility index (Phi) is 4.76. The van der Waals surface area contributed by atoms with Crippen molar-refractivity contribution in [2.45, 2.75) is 25.4 Å². The molecule has 7 heteroatoms. The molecule has 0 aliphatic rings. The highest BCUT2D eigenvalue weighted by Crippen LogP contribution is 2.23. The van der Waals surface area contributed by atoms with E-state index in [1.165, 1.54) is 6.92 Å². The number of rotatable bonds is 6. The molecule has 0 aliphatic carbocycles. The molecule has 23 heavy (non-hydrogen) atoms. The summed E-state index contributed by atoms with van der Waals surface area (Å²) in [7, 11) is 0. The Balaban J connectivity index is 2.21. The Bertz CT molecular complexity index is 775. The summed E-state index contributed by atoms with van der Waals surface area (Å²) in [5.41, 5.74) is 1.60. The van der Waals surface area contributed by atoms with Gasteiger partial charge in [0, 0.05) is 29.6 Å². The molecule has 2 atom stereocenters. The standard InChI is InChI=1S/C16H17N3O4/c1-3-17-14(15(21)19-9(2)16(22)23)6-10-8-18-13-5-4-11(20)7-12(10)13/h1,4-5,7-9,14,17-18,20H,6H2,2H3,(H,19,21)(H,22,23). The lowest BCUT2D eigenvalue weighted by Gasteiger charge is -2.17. The number of terminal acetylenes is 1. The number of carboxylic acid groups (broad SMARTS) is 1. The van der Waals surface area contributed by atoms with Crippen LogP contribution in [-0.2, 0) is 16.0 Å². The van der Waals surface area contributed by atoms with E-state index in [2.05, 4.69) is 21.7 Å². The Morgan fingerprint density at radius 3 is 2.83 bits per heavy atom. The van der Waals surface area contributed by atoms with Gasteiger partial charge in [-0.3, -0.25) is 9.59 Å². The van der Waals surface area contributed by atoms with Gasteiger partial charge in [0.2, 0.25) is 5.91 Å². The van der Waals surface area contributed by atoms with Gasteiger partial charge < -0.3 is 25.8 Å². The number of carbonyl (C=O) groups is 2. The van der Waals surface area contributed by atoms with Gasteiger partial charge in [0.25, 0.3) is 0 Å². The van der Waals surface area contributed by atoms with Crippen molar-refractivity contribution in [2.75, 3.05) is 0 Å². The monoisotopic (exact) mass is 315 g/mol. The molecular formula is C16H17N3O4. The van der Waals surface area contributed by atoms with Crippen LogP contribution in [0, 0.1) is 12.5 Å². The Hall–Kier alpha value is -3.14. The van der Waals surface area contributed by atoms with Crippen LogP contribution >= 0.6 is 0 Å². The lowest BCUT2D eigenvalue weighted by atomic mass is 10.0. The number of carboxylic acids is 1. The van der Waals surface area contributed by atoms with E-state index in [0.717, 1.165) is 16.5 Å². The quantitative estimate of drug-likeness (QED) is 0.395. The molecule has 120 valence electrons. The number of benzene rings is 1. The molecule has 0 saturated heterocycles. The fraction of sp³-hybridized carbons (Fsp3) is 0.250. The number of aromatic amines is 1. The van der Waals surface area contributed by atoms with Gasteiger partial charge in [-0.1, -0.05) is 6.42 Å². The third kappa shape index (κ3) is 3.74. The second-order valence-corrected chi connectivity index (χ2v) is 5.16. The topological polar surface area (TPSA) is 114 Å². The van der Waals surface area contributed by atoms with Crippen LogP contribution in [0.15, 0.2) is 24.4 Å². The summed E-state index contributed by atoms with van der Waals surface area (Å²) >= 11 is 0. The highest BCUT2D eigenvalue weighted by atomic mass is 16.4. The van der Waals surface area contributed by atoms with Gasteiger partial charge in [-0.25, -0.2) is 0 Å². The summed E-state index contributed by atoms with van der Waals surface area (Å²) < 4.78 is 0. The van der Waals surface area contributed by atoms with E-state index in [0.29, 0.717) is 0 Å². The predicted molar refractivity (Wildman–Crippen MR) is 84.7 cm³/mol. The van der Waals surface area contributed by atoms with Crippen LogP contribution in [0.25, 0.3) is 10.9 Å². The average Bonchev–Trinajstić information content (AvgIpc) is 2.88. The summed E-state index contributed by atoms with van der Waals surface area (Å²) in [6.07, 6.45) is 7.19. The van der Waals surface area contributed by atoms with Crippen LogP contribution < -0.4 is 10.6 Å². The third-order valence-electron chi connectivity index (χ3n) is 3.48. The number of phenols is 1. The number of hydrogen-bond donors (Lipinski definition) is 5. The van der Waals surface area contributed by atoms with Crippen LogP contribution in [0.2, 0.25) is 0 Å². The molecule has 0 aliphatic heterocycles. The second kappa shape index (κ2) is 6.75. The summed E-state index contributed by atoms with van der Waals surface area (Å²) in [6, 6.07) is 5.27. The maximum atomic E-state index is 12.2. The van der Waals surface area contributed by atoms with E-state index in [4.69, 9.17) is 11.5 Å². The van der Waals surface area contributed by atoms with Crippen molar-refractivity contribution < 1.29 is 19.8 Å². The van der Waals surface area contributed by atoms with Crippen molar-refractivity contribution in [2.24, 2.45) is 0 Å². The molecule has 1 aromatic carbocycles. The number of H-pyrrole nitrogens is 1. The highest BCUT2D eigenvalue weighted by Gasteiger charge is 2.23. The van der Waals surface area contributed by atoms with Crippen molar-refractivity contribution in [1.29, 1.82) is 0 Å². The zero-order chi connectivity index (χ0) is 17.0. The highest BCUT2D eigenvalue weighted by molar-refractivity contribution is 5.89. The summed E-state index contributed by atoms with van der Waals surface area (Å²) in [5.74, 6) is -1.52. The Morgan fingerprint density at radius 1 is 1.43 bits per heavy atom. The average molecular weight is 315 g/mol. The predicted octanol–water partition coefficient (Wildman–Crippen LogP) is 0.554. The number of carbonyl (C=O) groups excluding carboxylic acids is 1. The smallest absolute Gasteiger partial charge is 0.325 e. The molecule has 0 saturated carbocycles. The largest absolute Gasteiger partial charge is 0.508 e. The molecule has 1 amide bonds. The molecule has 5 N–H and O–H groups in total. The van der Waals surface area contributed by atoms with E-state index in [-0.39, 0.29) is 12.2 Å². The molecule has 0 spiro atoms. The van der Waals surface area contributed by atoms with Crippen molar-refractivity contribution in [3.8, 4) is 18.2 Å². The third-order valence-corrected chi connectivity index (χ3v) is 3.48. The fourth-order valence-corrected chi connectivity index (χ4v) is 2.24. The van der Waals surface area contributed by atoms with Gasteiger partial charge in [0.05, 0.1) is 0 Å². The molecule has 2 rings (SSSR count). The van der Waals surface area contributed by atoms with E-state index in [9.17, 15) is 14.7 Å². The van der Waals surface area contributed by atoms with Gasteiger partial charge in [0.1, 0.15) is 17.8 Å². The molecule has 1 aromatic heterocycles. The molecule has 2 unspecified atom stereocenters. The number of aromatic hydroxyl groups is 1. The van der Waals surface area contributed by atoms with Gasteiger partial charge in [-0.2, -0.15) is 0 Å². The summed E-state index contributed by atoms with van der Waals surface area (Å²) in [6.45, 7) is 1.37. The minimum atomic E-state index is -1.13. The Morgan fingerprint density at radius 2 is 2.17 bits per heavy atom. The van der Waals surface area contributed by atoms with Gasteiger partial charge in [-0.05, 0) is 30.7 Å². The van der Waals surface area contributed by atoms with Crippen molar-refractivity contribution in [3.05, 3.63) is 30.0 Å². The van der Waals surface area contributed by atoms with E-state index in [1.54, 1.807) is 24.4 Å². The number of aliphatic carboxylic acids is 1. The normalized spacial score (nSPS) is 13.0. The van der Waals surface area contributed by atoms with Gasteiger partial charge >= 0.3 is 5.97 Å². The van der Waals surface area contributed by atoms with Crippen LogP contribution in [0.5, 0.6) is 5.75 Å². The van der Waals surface area contributed by atoms with Gasteiger partial charge in [0.15, 0.2) is 0 Å². The second-order valence-electron chi connectivity index (χ2n) is 5.16. The van der Waals surface area contributed by atoms with E-state index < -0.39 is 24.0 Å². The maximum Gasteiger partial charge on any atom is 0.325 e. The molecule has 0 bridgehead atoms. The first kappa shape index (κ1) is 16.2. The molecule has 0 radical (unpaired) electrons. The lowest BCUT2D eigenvalue weighted by molar-refractivity contribution is -0.141. The number of amides is 1. The molecule has 0 fully saturated rings. The van der Waals surface area contributed by atoms with Gasteiger partial charge in [-0.15, -0.1) is 0 Å². The van der Waals surface area contributed by atoms with E-state index in [1.807, 2.05) is 0 Å². The van der Waals surface area contributed by atoms with Crippen LogP contribution in [0.3, 0.4) is 0 Å². The van der Waals surface area contributed by atoms with Crippen molar-refractivity contribution in [3.63, 3.8) is 0 Å². The lowest BCUT2D eigenvalue weighted by Crippen LogP contribution is -2.49. The molecule has 2 aromatic rings. The number of phenolic OH excluding ortho intramolecular Hbond substituents is 1. The van der Waals surface area contributed by atoms with Crippen LogP contribution in [-0.4, -0.2) is 39.2 Å². The number of fused-ring (bicyclic) bond motifs is 1. The van der Waals surface area contributed by atoms with Crippen LogP contribution in [0.4, 0.5) is 0 Å². The summed E-state index contributed by atoms with van der Waals surface area (Å²) in [5, 5.41) is 24.2. The first-order valence-electron chi connectivity index (χ1n) is 6.95. The SMILES string of the molecule is C#CNC(Cc1c[nH]c2ccc(O)cc12)C(=O)NC(C)C(=O)O.